The van der Waals surface area contributed by atoms with Crippen molar-refractivity contribution in [2.24, 2.45) is 5.73 Å². The molecule has 5 heteroatoms. The lowest BCUT2D eigenvalue weighted by Crippen LogP contribution is -2.19. The third-order valence-electron chi connectivity index (χ3n) is 2.58. The Balaban J connectivity index is 2.48. The molecule has 0 spiro atoms. The van der Waals surface area contributed by atoms with Gasteiger partial charge in [-0.15, -0.1) is 0 Å². The van der Waals surface area contributed by atoms with E-state index in [1.165, 1.54) is 0 Å². The van der Waals surface area contributed by atoms with Gasteiger partial charge < -0.3 is 16.4 Å². The number of hydrogen-bond acceptors (Lipinski definition) is 5. The Labute approximate surface area is 103 Å². The van der Waals surface area contributed by atoms with Gasteiger partial charge in [0.15, 0.2) is 0 Å². The van der Waals surface area contributed by atoms with E-state index in [4.69, 9.17) is 5.73 Å². The van der Waals surface area contributed by atoms with Crippen molar-refractivity contribution in [2.75, 3.05) is 17.2 Å². The van der Waals surface area contributed by atoms with Crippen molar-refractivity contribution >= 4 is 11.6 Å². The summed E-state index contributed by atoms with van der Waals surface area (Å²) in [5.74, 6) is 1.70. The molecular formula is C12H23N5. The van der Waals surface area contributed by atoms with Crippen molar-refractivity contribution in [2.45, 2.75) is 45.7 Å². The molecule has 96 valence electrons. The van der Waals surface area contributed by atoms with E-state index < -0.39 is 0 Å². The standard InChI is InChI=1S/C12H23N5/c1-4-10(3)17-12-7-11(15-8-16-12)14-6-5-9(2)13/h7-10H,4-6,13H2,1-3H3,(H2,14,15,16,17). The fourth-order valence-corrected chi connectivity index (χ4v) is 1.32. The summed E-state index contributed by atoms with van der Waals surface area (Å²) in [6, 6.07) is 2.55. The van der Waals surface area contributed by atoms with Gasteiger partial charge in [-0.1, -0.05) is 6.92 Å². The molecule has 0 saturated heterocycles. The maximum Gasteiger partial charge on any atom is 0.131 e. The number of anilines is 2. The third kappa shape index (κ3) is 5.49. The number of nitrogens with one attached hydrogen (secondary N) is 2. The van der Waals surface area contributed by atoms with Gasteiger partial charge in [0.05, 0.1) is 0 Å². The van der Waals surface area contributed by atoms with Crippen molar-refractivity contribution in [3.63, 3.8) is 0 Å². The number of nitrogens with two attached hydrogens (primary N) is 1. The van der Waals surface area contributed by atoms with Crippen LogP contribution in [0.1, 0.15) is 33.6 Å². The first kappa shape index (κ1) is 13.7. The average Bonchev–Trinajstić information content (AvgIpc) is 2.29. The lowest BCUT2D eigenvalue weighted by atomic mass is 10.2. The molecule has 0 aromatic carbocycles. The molecule has 17 heavy (non-hydrogen) atoms. The Hall–Kier alpha value is -1.36. The van der Waals surface area contributed by atoms with Crippen molar-refractivity contribution in [1.82, 2.24) is 9.97 Å². The van der Waals surface area contributed by atoms with Crippen LogP contribution < -0.4 is 16.4 Å². The van der Waals surface area contributed by atoms with E-state index in [2.05, 4.69) is 34.4 Å². The van der Waals surface area contributed by atoms with Crippen LogP contribution >= 0.6 is 0 Å². The van der Waals surface area contributed by atoms with Gasteiger partial charge in [0, 0.05) is 24.7 Å². The van der Waals surface area contributed by atoms with Crippen LogP contribution in [0, 0.1) is 0 Å². The molecular weight excluding hydrogens is 214 g/mol. The largest absolute Gasteiger partial charge is 0.370 e. The van der Waals surface area contributed by atoms with Gasteiger partial charge in [-0.3, -0.25) is 0 Å². The second-order valence-electron chi connectivity index (χ2n) is 4.43. The zero-order valence-electron chi connectivity index (χ0n) is 10.9. The quantitative estimate of drug-likeness (QED) is 0.674. The van der Waals surface area contributed by atoms with Crippen LogP contribution in [0.25, 0.3) is 0 Å². The first-order chi connectivity index (χ1) is 8.11. The summed E-state index contributed by atoms with van der Waals surface area (Å²) in [5.41, 5.74) is 5.69. The smallest absolute Gasteiger partial charge is 0.131 e. The molecule has 1 aromatic rings. The first-order valence-corrected chi connectivity index (χ1v) is 6.19. The molecule has 0 fully saturated rings. The summed E-state index contributed by atoms with van der Waals surface area (Å²) in [7, 11) is 0. The maximum absolute atomic E-state index is 5.69. The SMILES string of the molecule is CCC(C)Nc1cc(NCCC(C)N)ncn1. The van der Waals surface area contributed by atoms with Crippen LogP contribution in [0.15, 0.2) is 12.4 Å². The number of nitrogens with zero attached hydrogens (tertiary/aromatic N) is 2. The molecule has 1 aromatic heterocycles. The molecule has 4 N–H and O–H groups in total. The van der Waals surface area contributed by atoms with E-state index in [-0.39, 0.29) is 6.04 Å². The third-order valence-corrected chi connectivity index (χ3v) is 2.58. The van der Waals surface area contributed by atoms with Crippen LogP contribution in [-0.2, 0) is 0 Å². The first-order valence-electron chi connectivity index (χ1n) is 6.19. The summed E-state index contributed by atoms with van der Waals surface area (Å²) in [6.07, 6.45) is 3.56. The average molecular weight is 237 g/mol. The van der Waals surface area contributed by atoms with E-state index in [9.17, 15) is 0 Å². The fourth-order valence-electron chi connectivity index (χ4n) is 1.32. The Morgan fingerprint density at radius 2 is 2.00 bits per heavy atom. The molecule has 2 atom stereocenters. The normalized spacial score (nSPS) is 14.1. The minimum absolute atomic E-state index is 0.210. The second-order valence-corrected chi connectivity index (χ2v) is 4.43. The number of hydrogen-bond donors (Lipinski definition) is 3. The Morgan fingerprint density at radius 1 is 1.29 bits per heavy atom. The van der Waals surface area contributed by atoms with Gasteiger partial charge in [0.1, 0.15) is 18.0 Å². The van der Waals surface area contributed by atoms with Gasteiger partial charge in [0.2, 0.25) is 0 Å². The maximum atomic E-state index is 5.69. The van der Waals surface area contributed by atoms with E-state index in [1.807, 2.05) is 13.0 Å². The molecule has 0 amide bonds. The highest BCUT2D eigenvalue weighted by molar-refractivity contribution is 5.46. The van der Waals surface area contributed by atoms with E-state index in [0.29, 0.717) is 6.04 Å². The van der Waals surface area contributed by atoms with Gasteiger partial charge in [0.25, 0.3) is 0 Å². The van der Waals surface area contributed by atoms with E-state index >= 15 is 0 Å². The van der Waals surface area contributed by atoms with E-state index in [0.717, 1.165) is 31.0 Å². The Kier molecular flexibility index (Phi) is 5.69. The summed E-state index contributed by atoms with van der Waals surface area (Å²) in [5, 5.41) is 6.55. The molecule has 0 radical (unpaired) electrons. The molecule has 0 aliphatic carbocycles. The summed E-state index contributed by atoms with van der Waals surface area (Å²) < 4.78 is 0. The van der Waals surface area contributed by atoms with Crippen molar-refractivity contribution < 1.29 is 0 Å². The highest BCUT2D eigenvalue weighted by Gasteiger charge is 2.02. The molecule has 0 aliphatic heterocycles. The summed E-state index contributed by atoms with van der Waals surface area (Å²) in [6.45, 7) is 7.10. The zero-order chi connectivity index (χ0) is 12.7. The van der Waals surface area contributed by atoms with Crippen LogP contribution in [0.5, 0.6) is 0 Å². The second kappa shape index (κ2) is 7.06. The predicted octanol–water partition coefficient (Wildman–Crippen LogP) is 1.84. The lowest BCUT2D eigenvalue weighted by Gasteiger charge is -2.13. The molecule has 0 aliphatic rings. The van der Waals surface area contributed by atoms with Crippen LogP contribution in [0.3, 0.4) is 0 Å². The fraction of sp³-hybridized carbons (Fsp3) is 0.667. The molecule has 0 saturated carbocycles. The summed E-state index contributed by atoms with van der Waals surface area (Å²) >= 11 is 0. The minimum atomic E-state index is 0.210. The van der Waals surface area contributed by atoms with Crippen molar-refractivity contribution in [3.05, 3.63) is 12.4 Å². The van der Waals surface area contributed by atoms with Crippen LogP contribution in [0.4, 0.5) is 11.6 Å². The predicted molar refractivity (Wildman–Crippen MR) is 72.2 cm³/mol. The topological polar surface area (TPSA) is 75.9 Å². The number of rotatable bonds is 7. The monoisotopic (exact) mass is 237 g/mol. The van der Waals surface area contributed by atoms with Crippen molar-refractivity contribution in [3.8, 4) is 0 Å². The van der Waals surface area contributed by atoms with Gasteiger partial charge >= 0.3 is 0 Å². The van der Waals surface area contributed by atoms with Gasteiger partial charge in [-0.2, -0.15) is 0 Å². The number of aromatic nitrogens is 2. The minimum Gasteiger partial charge on any atom is -0.370 e. The van der Waals surface area contributed by atoms with Crippen LogP contribution in [0.2, 0.25) is 0 Å². The highest BCUT2D eigenvalue weighted by Crippen LogP contribution is 2.10. The van der Waals surface area contributed by atoms with E-state index in [1.54, 1.807) is 6.33 Å². The zero-order valence-corrected chi connectivity index (χ0v) is 10.9. The molecule has 2 unspecified atom stereocenters. The molecule has 1 heterocycles. The van der Waals surface area contributed by atoms with Crippen LogP contribution in [-0.4, -0.2) is 28.6 Å². The highest BCUT2D eigenvalue weighted by atomic mass is 15.1. The molecule has 0 bridgehead atoms. The molecule has 5 nitrogen and oxygen atoms in total. The Bertz CT molecular complexity index is 326. The van der Waals surface area contributed by atoms with Crippen molar-refractivity contribution in [1.29, 1.82) is 0 Å². The lowest BCUT2D eigenvalue weighted by molar-refractivity contribution is 0.689. The summed E-state index contributed by atoms with van der Waals surface area (Å²) in [4.78, 5) is 8.35. The van der Waals surface area contributed by atoms with Gasteiger partial charge in [-0.25, -0.2) is 9.97 Å². The van der Waals surface area contributed by atoms with Gasteiger partial charge in [-0.05, 0) is 26.7 Å². The Morgan fingerprint density at radius 3 is 2.65 bits per heavy atom. The molecule has 1 rings (SSSR count).